The Bertz CT molecular complexity index is 237. The zero-order chi connectivity index (χ0) is 12.7. The van der Waals surface area contributed by atoms with Crippen LogP contribution in [0.3, 0.4) is 0 Å². The van der Waals surface area contributed by atoms with Crippen LogP contribution in [0.15, 0.2) is 73.7 Å². The van der Waals surface area contributed by atoms with E-state index in [2.05, 4.69) is 39.5 Å². The zero-order valence-electron chi connectivity index (χ0n) is 10.1. The highest BCUT2D eigenvalue weighted by molar-refractivity contribution is 6.97. The molecule has 0 amide bonds. The average Bonchev–Trinajstić information content (AvgIpc) is 2.37. The van der Waals surface area contributed by atoms with Crippen molar-refractivity contribution in [3.05, 3.63) is 73.7 Å². The monoisotopic (exact) mass is 246 g/mol. The predicted octanol–water partition coefficient (Wildman–Crippen LogP) is 4.24. The zero-order valence-corrected chi connectivity index (χ0v) is 12.1. The summed E-state index contributed by atoms with van der Waals surface area (Å²) in [6.45, 7) is 23.5. The van der Waals surface area contributed by atoms with Crippen molar-refractivity contribution in [2.24, 2.45) is 0 Å². The third-order valence-corrected chi connectivity index (χ3v) is 10.6. The third kappa shape index (κ3) is 3.18. The van der Waals surface area contributed by atoms with E-state index in [1.165, 1.54) is 0 Å². The van der Waals surface area contributed by atoms with E-state index in [4.69, 9.17) is 0 Å². The van der Waals surface area contributed by atoms with Crippen LogP contribution in [0, 0.1) is 0 Å². The summed E-state index contributed by atoms with van der Waals surface area (Å²) in [4.78, 5) is 0. The molecule has 0 aliphatic carbocycles. The summed E-state index contributed by atoms with van der Waals surface area (Å²) in [5.74, 6) is 0. The number of hydrogen-bond donors (Lipinski definition) is 0. The Kier molecular flexibility index (Phi) is 6.00. The summed E-state index contributed by atoms with van der Waals surface area (Å²) in [7, 11) is -3.39. The van der Waals surface area contributed by atoms with Gasteiger partial charge in [-0.15, -0.1) is 39.5 Å². The van der Waals surface area contributed by atoms with Crippen LogP contribution in [-0.4, -0.2) is 16.1 Å². The Labute approximate surface area is 102 Å². The second kappa shape index (κ2) is 6.45. The molecule has 16 heavy (non-hydrogen) atoms. The molecule has 0 aromatic rings. The molecule has 0 aliphatic heterocycles. The van der Waals surface area contributed by atoms with Gasteiger partial charge in [0.25, 0.3) is 0 Å². The Balaban J connectivity index is 4.87. The number of rotatable bonds is 9. The SMILES string of the molecule is C=C[Si](C=C)(C=C)CC[Si](C=C)(C=C)C=C. The molecule has 0 saturated heterocycles. The van der Waals surface area contributed by atoms with Gasteiger partial charge in [0.1, 0.15) is 16.1 Å². The van der Waals surface area contributed by atoms with Gasteiger partial charge in [0, 0.05) is 0 Å². The maximum absolute atomic E-state index is 3.91. The van der Waals surface area contributed by atoms with Gasteiger partial charge in [-0.2, -0.15) is 0 Å². The molecule has 86 valence electrons. The van der Waals surface area contributed by atoms with Gasteiger partial charge < -0.3 is 0 Å². The van der Waals surface area contributed by atoms with Crippen LogP contribution in [0.25, 0.3) is 0 Å². The Morgan fingerprint density at radius 1 is 0.500 bits per heavy atom. The van der Waals surface area contributed by atoms with E-state index in [-0.39, 0.29) is 0 Å². The lowest BCUT2D eigenvalue weighted by molar-refractivity contribution is 1.34. The minimum atomic E-state index is -1.69. The van der Waals surface area contributed by atoms with E-state index < -0.39 is 16.1 Å². The van der Waals surface area contributed by atoms with Gasteiger partial charge in [-0.1, -0.05) is 34.2 Å². The van der Waals surface area contributed by atoms with Crippen molar-refractivity contribution in [2.75, 3.05) is 0 Å². The van der Waals surface area contributed by atoms with Gasteiger partial charge in [0.2, 0.25) is 0 Å². The van der Waals surface area contributed by atoms with Crippen molar-refractivity contribution >= 4 is 16.1 Å². The van der Waals surface area contributed by atoms with Gasteiger partial charge in [-0.25, -0.2) is 0 Å². The first-order valence-corrected chi connectivity index (χ1v) is 10.3. The lowest BCUT2D eigenvalue weighted by Gasteiger charge is -2.26. The first-order chi connectivity index (χ1) is 7.57. The molecule has 0 heterocycles. The van der Waals surface area contributed by atoms with Crippen molar-refractivity contribution in [2.45, 2.75) is 12.1 Å². The highest BCUT2D eigenvalue weighted by Crippen LogP contribution is 2.24. The lowest BCUT2D eigenvalue weighted by Crippen LogP contribution is -2.33. The van der Waals surface area contributed by atoms with E-state index in [1.54, 1.807) is 0 Å². The quantitative estimate of drug-likeness (QED) is 0.534. The van der Waals surface area contributed by atoms with Crippen LogP contribution < -0.4 is 0 Å². The Hall–Kier alpha value is -1.13. The van der Waals surface area contributed by atoms with Crippen LogP contribution in [0.1, 0.15) is 0 Å². The van der Waals surface area contributed by atoms with Crippen LogP contribution >= 0.6 is 0 Å². The Morgan fingerprint density at radius 2 is 0.688 bits per heavy atom. The lowest BCUT2D eigenvalue weighted by atomic mass is 10.9. The normalized spacial score (nSPS) is 11.2. The van der Waals surface area contributed by atoms with Crippen LogP contribution in [0.2, 0.25) is 12.1 Å². The molecular formula is C14H22Si2. The predicted molar refractivity (Wildman–Crippen MR) is 82.3 cm³/mol. The van der Waals surface area contributed by atoms with Crippen molar-refractivity contribution in [3.63, 3.8) is 0 Å². The number of hydrogen-bond acceptors (Lipinski definition) is 0. The molecule has 0 unspecified atom stereocenters. The third-order valence-electron chi connectivity index (χ3n) is 3.27. The second-order valence-corrected chi connectivity index (χ2v) is 11.8. The summed E-state index contributed by atoms with van der Waals surface area (Å²) in [6, 6.07) is 2.14. The van der Waals surface area contributed by atoms with Gasteiger partial charge in [0.15, 0.2) is 0 Å². The van der Waals surface area contributed by atoms with E-state index in [0.29, 0.717) is 0 Å². The van der Waals surface area contributed by atoms with Crippen LogP contribution in [0.5, 0.6) is 0 Å². The fourth-order valence-electron chi connectivity index (χ4n) is 1.55. The molecule has 0 radical (unpaired) electrons. The summed E-state index contributed by atoms with van der Waals surface area (Å²) in [6.07, 6.45) is 0. The molecule has 0 bridgehead atoms. The standard InChI is InChI=1S/C14H22Si2/c1-7-15(8-2,9-3)13-14-16(10-4,11-5)12-6/h7-12H,1-6,13-14H2. The van der Waals surface area contributed by atoms with Crippen LogP contribution in [-0.2, 0) is 0 Å². The highest BCUT2D eigenvalue weighted by Gasteiger charge is 2.28. The minimum absolute atomic E-state index is 1.07. The molecule has 0 saturated carbocycles. The molecule has 0 aromatic heterocycles. The fraction of sp³-hybridized carbons (Fsp3) is 0.143. The molecule has 0 spiro atoms. The van der Waals surface area contributed by atoms with Gasteiger partial charge in [-0.05, 0) is 12.1 Å². The van der Waals surface area contributed by atoms with Gasteiger partial charge >= 0.3 is 0 Å². The maximum Gasteiger partial charge on any atom is 0.124 e. The molecule has 0 aromatic carbocycles. The van der Waals surface area contributed by atoms with E-state index in [0.717, 1.165) is 12.1 Å². The van der Waals surface area contributed by atoms with Crippen molar-refractivity contribution in [1.29, 1.82) is 0 Å². The molecule has 0 nitrogen and oxygen atoms in total. The fourth-order valence-corrected chi connectivity index (χ4v) is 7.23. The first-order valence-electron chi connectivity index (χ1n) is 5.39. The van der Waals surface area contributed by atoms with Crippen LogP contribution in [0.4, 0.5) is 0 Å². The molecule has 0 N–H and O–H groups in total. The summed E-state index contributed by atoms with van der Waals surface area (Å²) < 4.78 is 0. The largest absolute Gasteiger partial charge is 0.124 e. The Morgan fingerprint density at radius 3 is 0.812 bits per heavy atom. The second-order valence-electron chi connectivity index (χ2n) is 3.95. The first kappa shape index (κ1) is 14.9. The van der Waals surface area contributed by atoms with E-state index >= 15 is 0 Å². The van der Waals surface area contributed by atoms with Crippen molar-refractivity contribution < 1.29 is 0 Å². The summed E-state index contributed by atoms with van der Waals surface area (Å²) in [5.41, 5.74) is 12.2. The van der Waals surface area contributed by atoms with E-state index in [1.807, 2.05) is 34.2 Å². The molecule has 2 heteroatoms. The molecular weight excluding hydrogens is 224 g/mol. The molecule has 0 fully saturated rings. The maximum atomic E-state index is 3.91. The van der Waals surface area contributed by atoms with Gasteiger partial charge in [0.05, 0.1) is 0 Å². The minimum Gasteiger partial charge on any atom is -0.106 e. The highest BCUT2D eigenvalue weighted by atomic mass is 28.3. The summed E-state index contributed by atoms with van der Waals surface area (Å²) in [5, 5.41) is 0. The smallest absolute Gasteiger partial charge is 0.106 e. The van der Waals surface area contributed by atoms with Crippen molar-refractivity contribution in [3.8, 4) is 0 Å². The molecule has 0 aliphatic rings. The average molecular weight is 247 g/mol. The van der Waals surface area contributed by atoms with Crippen molar-refractivity contribution in [1.82, 2.24) is 0 Å². The van der Waals surface area contributed by atoms with Gasteiger partial charge in [-0.3, -0.25) is 0 Å². The van der Waals surface area contributed by atoms with E-state index in [9.17, 15) is 0 Å². The molecule has 0 atom stereocenters. The molecule has 0 rings (SSSR count). The topological polar surface area (TPSA) is 0 Å². The summed E-state index contributed by atoms with van der Waals surface area (Å²) >= 11 is 0.